The highest BCUT2D eigenvalue weighted by Gasteiger charge is 2.22. The van der Waals surface area contributed by atoms with Crippen LogP contribution in [-0.4, -0.2) is 6.04 Å². The summed E-state index contributed by atoms with van der Waals surface area (Å²) in [7, 11) is 0. The molecule has 2 unspecified atom stereocenters. The topological polar surface area (TPSA) is 12.0 Å². The highest BCUT2D eigenvalue weighted by molar-refractivity contribution is 5.17. The maximum atomic E-state index is 13.0. The van der Waals surface area contributed by atoms with Gasteiger partial charge in [0, 0.05) is 12.6 Å². The molecule has 0 aromatic heterocycles. The van der Waals surface area contributed by atoms with Crippen molar-refractivity contribution >= 4 is 0 Å². The van der Waals surface area contributed by atoms with Gasteiger partial charge in [-0.3, -0.25) is 0 Å². The molecule has 0 aliphatic heterocycles. The molecular weight excluding hydrogens is 220 g/mol. The fourth-order valence-electron chi connectivity index (χ4n) is 2.54. The quantitative estimate of drug-likeness (QED) is 0.846. The average molecular weight is 239 g/mol. The van der Waals surface area contributed by atoms with E-state index in [0.29, 0.717) is 12.6 Å². The predicted molar refractivity (Wildman–Crippen MR) is 64.6 cm³/mol. The summed E-state index contributed by atoms with van der Waals surface area (Å²) in [5, 5.41) is 3.42. The Balaban J connectivity index is 1.84. The average Bonchev–Trinajstić information content (AvgIpc) is 2.79. The Kier molecular flexibility index (Phi) is 4.11. The van der Waals surface area contributed by atoms with E-state index in [4.69, 9.17) is 0 Å². The van der Waals surface area contributed by atoms with Crippen molar-refractivity contribution in [2.75, 3.05) is 0 Å². The third kappa shape index (κ3) is 3.25. The molecule has 2 atom stereocenters. The van der Waals surface area contributed by atoms with Gasteiger partial charge < -0.3 is 5.32 Å². The molecule has 2 rings (SSSR count). The molecule has 1 aliphatic carbocycles. The van der Waals surface area contributed by atoms with E-state index in [1.165, 1.54) is 37.8 Å². The van der Waals surface area contributed by atoms with Crippen LogP contribution < -0.4 is 5.32 Å². The number of halogens is 2. The molecule has 1 fully saturated rings. The van der Waals surface area contributed by atoms with E-state index < -0.39 is 11.6 Å². The van der Waals surface area contributed by atoms with Gasteiger partial charge in [0.05, 0.1) is 0 Å². The van der Waals surface area contributed by atoms with Crippen LogP contribution in [0.25, 0.3) is 0 Å². The van der Waals surface area contributed by atoms with Crippen molar-refractivity contribution < 1.29 is 8.78 Å². The lowest BCUT2D eigenvalue weighted by Gasteiger charge is -2.13. The van der Waals surface area contributed by atoms with Gasteiger partial charge in [-0.15, -0.1) is 0 Å². The van der Waals surface area contributed by atoms with Crippen LogP contribution in [-0.2, 0) is 6.54 Å². The van der Waals surface area contributed by atoms with Gasteiger partial charge in [-0.25, -0.2) is 8.78 Å². The maximum Gasteiger partial charge on any atom is 0.159 e. The van der Waals surface area contributed by atoms with E-state index in [1.807, 2.05) is 0 Å². The zero-order chi connectivity index (χ0) is 12.3. The van der Waals surface area contributed by atoms with Crippen LogP contribution in [0, 0.1) is 17.6 Å². The van der Waals surface area contributed by atoms with Gasteiger partial charge in [-0.05, 0) is 42.9 Å². The lowest BCUT2D eigenvalue weighted by atomic mass is 10.1. The first-order valence-electron chi connectivity index (χ1n) is 6.36. The molecule has 1 aromatic carbocycles. The Hall–Kier alpha value is -0.960. The fraction of sp³-hybridized carbons (Fsp3) is 0.571. The molecule has 17 heavy (non-hydrogen) atoms. The van der Waals surface area contributed by atoms with Gasteiger partial charge in [0.2, 0.25) is 0 Å². The first kappa shape index (κ1) is 12.5. The van der Waals surface area contributed by atoms with Crippen molar-refractivity contribution in [1.82, 2.24) is 5.32 Å². The van der Waals surface area contributed by atoms with Crippen molar-refractivity contribution in [2.24, 2.45) is 5.92 Å². The van der Waals surface area contributed by atoms with Gasteiger partial charge in [-0.2, -0.15) is 0 Å². The molecule has 0 amide bonds. The van der Waals surface area contributed by atoms with Crippen molar-refractivity contribution in [2.45, 2.75) is 45.2 Å². The second kappa shape index (κ2) is 5.58. The van der Waals surface area contributed by atoms with E-state index in [-0.39, 0.29) is 0 Å². The lowest BCUT2D eigenvalue weighted by molar-refractivity contribution is 0.473. The van der Waals surface area contributed by atoms with Crippen molar-refractivity contribution in [3.8, 4) is 0 Å². The van der Waals surface area contributed by atoms with Gasteiger partial charge in [-0.1, -0.05) is 19.4 Å². The van der Waals surface area contributed by atoms with E-state index >= 15 is 0 Å². The van der Waals surface area contributed by atoms with Crippen LogP contribution in [0.2, 0.25) is 0 Å². The molecule has 1 N–H and O–H groups in total. The van der Waals surface area contributed by atoms with Gasteiger partial charge in [0.15, 0.2) is 11.6 Å². The standard InChI is InChI=1S/C14H19F2N/c1-2-10-3-5-12(7-10)17-9-11-4-6-13(15)14(16)8-11/h4,6,8,10,12,17H,2-3,5,7,9H2,1H3. The highest BCUT2D eigenvalue weighted by atomic mass is 19.2. The van der Waals surface area contributed by atoms with Crippen molar-refractivity contribution in [1.29, 1.82) is 0 Å². The Bertz CT molecular complexity index is 378. The molecule has 3 heteroatoms. The first-order chi connectivity index (χ1) is 8.19. The summed E-state index contributed by atoms with van der Waals surface area (Å²) in [4.78, 5) is 0. The third-order valence-corrected chi connectivity index (χ3v) is 3.70. The van der Waals surface area contributed by atoms with E-state index in [1.54, 1.807) is 6.07 Å². The van der Waals surface area contributed by atoms with E-state index in [0.717, 1.165) is 11.5 Å². The smallest absolute Gasteiger partial charge is 0.159 e. The first-order valence-corrected chi connectivity index (χ1v) is 6.36. The minimum absolute atomic E-state index is 0.535. The molecule has 94 valence electrons. The number of benzene rings is 1. The molecule has 0 spiro atoms. The summed E-state index contributed by atoms with van der Waals surface area (Å²) in [6.45, 7) is 2.85. The molecule has 1 saturated carbocycles. The van der Waals surface area contributed by atoms with Crippen LogP contribution in [0.1, 0.15) is 38.2 Å². The van der Waals surface area contributed by atoms with Crippen LogP contribution in [0.15, 0.2) is 18.2 Å². The summed E-state index contributed by atoms with van der Waals surface area (Å²) in [6.07, 6.45) is 4.93. The minimum Gasteiger partial charge on any atom is -0.310 e. The summed E-state index contributed by atoms with van der Waals surface area (Å²) in [6, 6.07) is 4.63. The highest BCUT2D eigenvalue weighted by Crippen LogP contribution is 2.28. The van der Waals surface area contributed by atoms with Gasteiger partial charge in [0.1, 0.15) is 0 Å². The molecule has 0 radical (unpaired) electrons. The molecule has 0 heterocycles. The summed E-state index contributed by atoms with van der Waals surface area (Å²) in [5.74, 6) is -0.708. The van der Waals surface area contributed by atoms with Crippen LogP contribution in [0.4, 0.5) is 8.78 Å². The van der Waals surface area contributed by atoms with Gasteiger partial charge >= 0.3 is 0 Å². The third-order valence-electron chi connectivity index (χ3n) is 3.70. The maximum absolute atomic E-state index is 13.0. The Morgan fingerprint density at radius 2 is 2.06 bits per heavy atom. The zero-order valence-corrected chi connectivity index (χ0v) is 10.2. The van der Waals surface area contributed by atoms with E-state index in [9.17, 15) is 8.78 Å². The molecule has 1 nitrogen and oxygen atoms in total. The Labute approximate surface area is 101 Å². The van der Waals surface area contributed by atoms with Gasteiger partial charge in [0.25, 0.3) is 0 Å². The number of hydrogen-bond donors (Lipinski definition) is 1. The Morgan fingerprint density at radius 1 is 1.24 bits per heavy atom. The lowest BCUT2D eigenvalue weighted by Crippen LogP contribution is -2.25. The number of rotatable bonds is 4. The molecule has 0 saturated heterocycles. The second-order valence-corrected chi connectivity index (χ2v) is 4.91. The molecule has 0 bridgehead atoms. The van der Waals surface area contributed by atoms with Crippen molar-refractivity contribution in [3.63, 3.8) is 0 Å². The monoisotopic (exact) mass is 239 g/mol. The molecule has 1 aliphatic rings. The number of hydrogen-bond acceptors (Lipinski definition) is 1. The minimum atomic E-state index is -0.777. The largest absolute Gasteiger partial charge is 0.310 e. The molecular formula is C14H19F2N. The molecule has 1 aromatic rings. The summed E-state index contributed by atoms with van der Waals surface area (Å²) >= 11 is 0. The predicted octanol–water partition coefficient (Wildman–Crippen LogP) is 3.63. The van der Waals surface area contributed by atoms with Crippen LogP contribution in [0.5, 0.6) is 0 Å². The van der Waals surface area contributed by atoms with Crippen LogP contribution in [0.3, 0.4) is 0 Å². The summed E-state index contributed by atoms with van der Waals surface area (Å²) in [5.41, 5.74) is 0.809. The number of nitrogens with one attached hydrogen (secondary N) is 1. The summed E-state index contributed by atoms with van der Waals surface area (Å²) < 4.78 is 25.7. The zero-order valence-electron chi connectivity index (χ0n) is 10.2. The Morgan fingerprint density at radius 3 is 2.71 bits per heavy atom. The normalized spacial score (nSPS) is 24.2. The SMILES string of the molecule is CCC1CCC(NCc2ccc(F)c(F)c2)C1. The second-order valence-electron chi connectivity index (χ2n) is 4.91. The fourth-order valence-corrected chi connectivity index (χ4v) is 2.54. The van der Waals surface area contributed by atoms with Crippen molar-refractivity contribution in [3.05, 3.63) is 35.4 Å². The van der Waals surface area contributed by atoms with Crippen LogP contribution >= 0.6 is 0 Å². The van der Waals surface area contributed by atoms with E-state index in [2.05, 4.69) is 12.2 Å².